The van der Waals surface area contributed by atoms with E-state index in [0.29, 0.717) is 11.6 Å². The lowest BCUT2D eigenvalue weighted by Gasteiger charge is -2.05. The molecule has 21 heavy (non-hydrogen) atoms. The fraction of sp³-hybridized carbons (Fsp3) is 0.176. The molecule has 4 heteroatoms. The number of nitrogens with zero attached hydrogens (tertiary/aromatic N) is 2. The highest BCUT2D eigenvalue weighted by Gasteiger charge is 2.18. The molecule has 0 bridgehead atoms. The van der Waals surface area contributed by atoms with Gasteiger partial charge in [0, 0.05) is 11.4 Å². The van der Waals surface area contributed by atoms with E-state index in [9.17, 15) is 0 Å². The van der Waals surface area contributed by atoms with E-state index >= 15 is 0 Å². The highest BCUT2D eigenvalue weighted by molar-refractivity contribution is 8.14. The number of anilines is 1. The Morgan fingerprint density at radius 3 is 2.86 bits per heavy atom. The summed E-state index contributed by atoms with van der Waals surface area (Å²) in [6, 6.07) is 20.4. The van der Waals surface area contributed by atoms with Gasteiger partial charge in [0.05, 0.1) is 17.7 Å². The minimum atomic E-state index is 0.319. The molecule has 0 aromatic heterocycles. The van der Waals surface area contributed by atoms with Crippen molar-refractivity contribution < 1.29 is 0 Å². The van der Waals surface area contributed by atoms with Crippen LogP contribution in [0.15, 0.2) is 59.6 Å². The molecule has 1 N–H and O–H groups in total. The van der Waals surface area contributed by atoms with Gasteiger partial charge in [-0.3, -0.25) is 4.99 Å². The second-order valence-electron chi connectivity index (χ2n) is 4.91. The van der Waals surface area contributed by atoms with E-state index in [2.05, 4.69) is 35.7 Å². The molecule has 0 saturated carbocycles. The summed E-state index contributed by atoms with van der Waals surface area (Å²) in [4.78, 5) is 4.72. The molecule has 2 aromatic rings. The predicted molar refractivity (Wildman–Crippen MR) is 88.6 cm³/mol. The molecular formula is C17H15N3S. The monoisotopic (exact) mass is 293 g/mol. The first-order valence-corrected chi connectivity index (χ1v) is 7.84. The zero-order valence-electron chi connectivity index (χ0n) is 11.5. The highest BCUT2D eigenvalue weighted by Crippen LogP contribution is 2.23. The Morgan fingerprint density at radius 2 is 2.05 bits per heavy atom. The Balaban J connectivity index is 1.65. The number of amidine groups is 1. The van der Waals surface area contributed by atoms with Crippen LogP contribution in [0.25, 0.3) is 0 Å². The second-order valence-corrected chi connectivity index (χ2v) is 5.92. The summed E-state index contributed by atoms with van der Waals surface area (Å²) in [5.41, 5.74) is 2.89. The fourth-order valence-corrected chi connectivity index (χ4v) is 3.22. The van der Waals surface area contributed by atoms with Crippen molar-refractivity contribution in [2.45, 2.75) is 12.5 Å². The molecular weight excluding hydrogens is 278 g/mol. The number of nitrogens with one attached hydrogen (secondary N) is 1. The maximum Gasteiger partial charge on any atom is 0.161 e. The summed E-state index contributed by atoms with van der Waals surface area (Å²) < 4.78 is 0. The van der Waals surface area contributed by atoms with Crippen molar-refractivity contribution in [3.63, 3.8) is 0 Å². The van der Waals surface area contributed by atoms with E-state index in [1.165, 1.54) is 5.56 Å². The van der Waals surface area contributed by atoms with Crippen LogP contribution in [-0.4, -0.2) is 17.0 Å². The van der Waals surface area contributed by atoms with Crippen molar-refractivity contribution >= 4 is 22.6 Å². The van der Waals surface area contributed by atoms with Gasteiger partial charge in [-0.2, -0.15) is 5.26 Å². The number of nitriles is 1. The SMILES string of the molecule is N#Cc1cccc(NC2=NC(Cc3ccccc3)CS2)c1. The van der Waals surface area contributed by atoms with E-state index in [0.717, 1.165) is 23.0 Å². The minimum Gasteiger partial charge on any atom is -0.335 e. The molecule has 104 valence electrons. The van der Waals surface area contributed by atoms with E-state index in [1.54, 1.807) is 17.8 Å². The zero-order valence-corrected chi connectivity index (χ0v) is 12.3. The fourth-order valence-electron chi connectivity index (χ4n) is 2.26. The number of benzene rings is 2. The van der Waals surface area contributed by atoms with Crippen LogP contribution in [0.5, 0.6) is 0 Å². The van der Waals surface area contributed by atoms with Gasteiger partial charge >= 0.3 is 0 Å². The number of rotatable bonds is 3. The molecule has 1 atom stereocenters. The van der Waals surface area contributed by atoms with E-state index in [1.807, 2.05) is 24.3 Å². The van der Waals surface area contributed by atoms with Crippen LogP contribution in [-0.2, 0) is 6.42 Å². The van der Waals surface area contributed by atoms with Crippen LogP contribution in [0.3, 0.4) is 0 Å². The molecule has 0 amide bonds. The normalized spacial score (nSPS) is 17.1. The van der Waals surface area contributed by atoms with Crippen molar-refractivity contribution in [3.8, 4) is 6.07 Å². The summed E-state index contributed by atoms with van der Waals surface area (Å²) >= 11 is 1.73. The molecule has 1 unspecified atom stereocenters. The lowest BCUT2D eigenvalue weighted by Crippen LogP contribution is -2.08. The van der Waals surface area contributed by atoms with Crippen LogP contribution in [0, 0.1) is 11.3 Å². The maximum absolute atomic E-state index is 8.92. The van der Waals surface area contributed by atoms with Crippen LogP contribution < -0.4 is 5.32 Å². The lowest BCUT2D eigenvalue weighted by molar-refractivity contribution is 0.762. The van der Waals surface area contributed by atoms with Crippen molar-refractivity contribution in [3.05, 3.63) is 65.7 Å². The van der Waals surface area contributed by atoms with Crippen molar-refractivity contribution in [2.75, 3.05) is 11.1 Å². The molecule has 1 heterocycles. The Kier molecular flexibility index (Phi) is 4.23. The maximum atomic E-state index is 8.92. The average Bonchev–Trinajstić information content (AvgIpc) is 2.95. The van der Waals surface area contributed by atoms with Gasteiger partial charge in [-0.1, -0.05) is 48.2 Å². The van der Waals surface area contributed by atoms with Crippen molar-refractivity contribution in [1.82, 2.24) is 0 Å². The Labute approximate surface area is 128 Å². The van der Waals surface area contributed by atoms with Gasteiger partial charge in [-0.05, 0) is 30.2 Å². The molecule has 0 fully saturated rings. The molecule has 3 nitrogen and oxygen atoms in total. The molecule has 1 aliphatic heterocycles. The zero-order chi connectivity index (χ0) is 14.5. The number of hydrogen-bond acceptors (Lipinski definition) is 4. The molecule has 2 aromatic carbocycles. The molecule has 3 rings (SSSR count). The Morgan fingerprint density at radius 1 is 1.19 bits per heavy atom. The van der Waals surface area contributed by atoms with E-state index < -0.39 is 0 Å². The average molecular weight is 293 g/mol. The summed E-state index contributed by atoms with van der Waals surface area (Å²) in [5, 5.41) is 13.1. The van der Waals surface area contributed by atoms with Crippen molar-refractivity contribution in [2.24, 2.45) is 4.99 Å². The van der Waals surface area contributed by atoms with Gasteiger partial charge in [-0.25, -0.2) is 0 Å². The molecule has 0 saturated heterocycles. The molecule has 0 aliphatic carbocycles. The topological polar surface area (TPSA) is 48.2 Å². The second kappa shape index (κ2) is 6.47. The molecule has 1 aliphatic rings. The summed E-state index contributed by atoms with van der Waals surface area (Å²) in [6.07, 6.45) is 0.969. The van der Waals surface area contributed by atoms with Gasteiger partial charge in [0.25, 0.3) is 0 Å². The van der Waals surface area contributed by atoms with Crippen LogP contribution in [0.2, 0.25) is 0 Å². The minimum absolute atomic E-state index is 0.319. The van der Waals surface area contributed by atoms with Crippen molar-refractivity contribution in [1.29, 1.82) is 5.26 Å². The summed E-state index contributed by atoms with van der Waals surface area (Å²) in [7, 11) is 0. The third kappa shape index (κ3) is 3.65. The van der Waals surface area contributed by atoms with Gasteiger partial charge in [0.2, 0.25) is 0 Å². The Hall–Kier alpha value is -2.25. The first-order valence-electron chi connectivity index (χ1n) is 6.85. The quantitative estimate of drug-likeness (QED) is 0.939. The smallest absolute Gasteiger partial charge is 0.161 e. The van der Waals surface area contributed by atoms with Gasteiger partial charge in [0.1, 0.15) is 0 Å². The first kappa shape index (κ1) is 13.7. The summed E-state index contributed by atoms with van der Waals surface area (Å²) in [5.74, 6) is 0.995. The third-order valence-corrected chi connectivity index (χ3v) is 4.30. The van der Waals surface area contributed by atoms with E-state index in [4.69, 9.17) is 10.3 Å². The standard InChI is InChI=1S/C17H15N3S/c18-11-14-7-4-8-15(10-14)19-17-20-16(12-21-17)9-13-5-2-1-3-6-13/h1-8,10,16H,9,12H2,(H,19,20). The highest BCUT2D eigenvalue weighted by atomic mass is 32.2. The van der Waals surface area contributed by atoms with Gasteiger partial charge in [-0.15, -0.1) is 0 Å². The van der Waals surface area contributed by atoms with Crippen LogP contribution >= 0.6 is 11.8 Å². The molecule has 0 spiro atoms. The lowest BCUT2D eigenvalue weighted by atomic mass is 10.1. The van der Waals surface area contributed by atoms with E-state index in [-0.39, 0.29) is 0 Å². The number of aliphatic imine (C=N–C) groups is 1. The largest absolute Gasteiger partial charge is 0.335 e. The van der Waals surface area contributed by atoms with Gasteiger partial charge < -0.3 is 5.32 Å². The number of thioether (sulfide) groups is 1. The predicted octanol–water partition coefficient (Wildman–Crippen LogP) is 3.68. The van der Waals surface area contributed by atoms with Crippen LogP contribution in [0.4, 0.5) is 5.69 Å². The van der Waals surface area contributed by atoms with Gasteiger partial charge in [0.15, 0.2) is 5.17 Å². The first-order chi connectivity index (χ1) is 10.3. The third-order valence-electron chi connectivity index (χ3n) is 3.27. The Bertz CT molecular complexity index is 689. The van der Waals surface area contributed by atoms with Crippen LogP contribution in [0.1, 0.15) is 11.1 Å². The molecule has 0 radical (unpaired) electrons. The summed E-state index contributed by atoms with van der Waals surface area (Å²) in [6.45, 7) is 0. The number of hydrogen-bond donors (Lipinski definition) is 1.